The molecule has 0 N–H and O–H groups in total. The third kappa shape index (κ3) is 4.98. The smallest absolute Gasteiger partial charge is 0.0875 e. The Morgan fingerprint density at radius 2 is 1.33 bits per heavy atom. The van der Waals surface area contributed by atoms with Gasteiger partial charge in [-0.15, -0.1) is 0 Å². The molecule has 1 nitrogen and oxygen atoms in total. The summed E-state index contributed by atoms with van der Waals surface area (Å²) in [5.41, 5.74) is 0. The van der Waals surface area contributed by atoms with Gasteiger partial charge in [-0.05, 0) is 19.0 Å². The molecule has 12 heavy (non-hydrogen) atoms. The molecule has 0 spiro atoms. The van der Waals surface area contributed by atoms with E-state index in [1.807, 2.05) is 0 Å². The Balaban J connectivity index is 3.79. The third-order valence-corrected chi connectivity index (χ3v) is 5.83. The van der Waals surface area contributed by atoms with Gasteiger partial charge in [0.2, 0.25) is 0 Å². The van der Waals surface area contributed by atoms with Gasteiger partial charge in [0, 0.05) is 12.3 Å². The standard InChI is InChI=1S/C10H23OP/c1-4-7-9-12(11,6-3)10-8-5-2/h4-10H2,1-3H3. The number of hydrogen-bond donors (Lipinski definition) is 0. The molecule has 0 aliphatic heterocycles. The predicted molar refractivity (Wildman–Crippen MR) is 57.7 cm³/mol. The third-order valence-electron chi connectivity index (χ3n) is 2.41. The quantitative estimate of drug-likeness (QED) is 0.555. The van der Waals surface area contributed by atoms with Gasteiger partial charge in [-0.2, -0.15) is 0 Å². The Hall–Kier alpha value is 0.230. The highest BCUT2D eigenvalue weighted by Gasteiger charge is 2.17. The van der Waals surface area contributed by atoms with Crippen LogP contribution in [0.3, 0.4) is 0 Å². The average Bonchev–Trinajstić information content (AvgIpc) is 2.11. The van der Waals surface area contributed by atoms with Crippen molar-refractivity contribution in [2.45, 2.75) is 46.5 Å². The van der Waals surface area contributed by atoms with Crippen molar-refractivity contribution in [2.75, 3.05) is 18.5 Å². The van der Waals surface area contributed by atoms with Crippen LogP contribution in [0.1, 0.15) is 46.5 Å². The van der Waals surface area contributed by atoms with Gasteiger partial charge in [0.05, 0.1) is 7.14 Å². The Morgan fingerprint density at radius 3 is 1.58 bits per heavy atom. The molecule has 0 aromatic heterocycles. The van der Waals surface area contributed by atoms with E-state index in [1.165, 1.54) is 12.8 Å². The molecule has 0 heterocycles. The molecule has 0 rings (SSSR count). The molecule has 0 fully saturated rings. The van der Waals surface area contributed by atoms with Crippen molar-refractivity contribution in [3.63, 3.8) is 0 Å². The molecular weight excluding hydrogens is 167 g/mol. The van der Waals surface area contributed by atoms with Crippen LogP contribution in [-0.2, 0) is 4.57 Å². The van der Waals surface area contributed by atoms with Crippen molar-refractivity contribution >= 4 is 7.14 Å². The zero-order chi connectivity index (χ0) is 9.45. The first-order valence-electron chi connectivity index (χ1n) is 5.25. The Labute approximate surface area is 77.3 Å². The van der Waals surface area contributed by atoms with Gasteiger partial charge in [0.15, 0.2) is 0 Å². The summed E-state index contributed by atoms with van der Waals surface area (Å²) in [7, 11) is -1.73. The summed E-state index contributed by atoms with van der Waals surface area (Å²) in [6.07, 6.45) is 7.53. The van der Waals surface area contributed by atoms with Crippen LogP contribution >= 0.6 is 7.14 Å². The number of rotatable bonds is 7. The molecule has 0 radical (unpaired) electrons. The SMILES string of the molecule is CCCCP(=O)(CC)CCCC. The van der Waals surface area contributed by atoms with E-state index in [0.29, 0.717) is 0 Å². The molecule has 0 aliphatic carbocycles. The highest BCUT2D eigenvalue weighted by molar-refractivity contribution is 7.63. The summed E-state index contributed by atoms with van der Waals surface area (Å²) in [5.74, 6) is 0. The summed E-state index contributed by atoms with van der Waals surface area (Å²) in [6, 6.07) is 0. The molecule has 0 unspecified atom stereocenters. The fourth-order valence-corrected chi connectivity index (χ4v) is 3.96. The summed E-state index contributed by atoms with van der Waals surface area (Å²) in [4.78, 5) is 0. The lowest BCUT2D eigenvalue weighted by Crippen LogP contribution is -1.97. The van der Waals surface area contributed by atoms with Crippen LogP contribution in [0.4, 0.5) is 0 Å². The Bertz CT molecular complexity index is 131. The fraction of sp³-hybridized carbons (Fsp3) is 1.00. The van der Waals surface area contributed by atoms with E-state index in [4.69, 9.17) is 0 Å². The monoisotopic (exact) mass is 190 g/mol. The largest absolute Gasteiger partial charge is 0.324 e. The first-order chi connectivity index (χ1) is 5.68. The highest BCUT2D eigenvalue weighted by atomic mass is 31.2. The second kappa shape index (κ2) is 6.71. The van der Waals surface area contributed by atoms with Crippen molar-refractivity contribution in [2.24, 2.45) is 0 Å². The van der Waals surface area contributed by atoms with E-state index in [-0.39, 0.29) is 0 Å². The van der Waals surface area contributed by atoms with Crippen molar-refractivity contribution < 1.29 is 4.57 Å². The van der Waals surface area contributed by atoms with Crippen LogP contribution in [0.2, 0.25) is 0 Å². The first-order valence-corrected chi connectivity index (χ1v) is 7.52. The van der Waals surface area contributed by atoms with E-state index < -0.39 is 7.14 Å². The van der Waals surface area contributed by atoms with Gasteiger partial charge in [0.25, 0.3) is 0 Å². The zero-order valence-corrected chi connectivity index (χ0v) is 9.70. The van der Waals surface area contributed by atoms with Gasteiger partial charge in [-0.3, -0.25) is 0 Å². The van der Waals surface area contributed by atoms with Crippen LogP contribution in [-0.4, -0.2) is 18.5 Å². The number of unbranched alkanes of at least 4 members (excludes halogenated alkanes) is 2. The fourth-order valence-electron chi connectivity index (χ4n) is 1.32. The van der Waals surface area contributed by atoms with Crippen LogP contribution in [0.25, 0.3) is 0 Å². The van der Waals surface area contributed by atoms with Gasteiger partial charge in [-0.1, -0.05) is 33.6 Å². The van der Waals surface area contributed by atoms with Crippen molar-refractivity contribution in [3.05, 3.63) is 0 Å². The van der Waals surface area contributed by atoms with Crippen LogP contribution in [0.5, 0.6) is 0 Å². The molecule has 2 heteroatoms. The maximum absolute atomic E-state index is 12.1. The zero-order valence-electron chi connectivity index (χ0n) is 8.81. The van der Waals surface area contributed by atoms with Crippen LogP contribution < -0.4 is 0 Å². The van der Waals surface area contributed by atoms with Crippen LogP contribution in [0.15, 0.2) is 0 Å². The van der Waals surface area contributed by atoms with Crippen molar-refractivity contribution in [1.29, 1.82) is 0 Å². The van der Waals surface area contributed by atoms with E-state index in [1.54, 1.807) is 0 Å². The average molecular weight is 190 g/mol. The summed E-state index contributed by atoms with van der Waals surface area (Å²) in [5, 5.41) is 0. The molecule has 0 aromatic rings. The van der Waals surface area contributed by atoms with Crippen molar-refractivity contribution in [3.8, 4) is 0 Å². The van der Waals surface area contributed by atoms with Crippen molar-refractivity contribution in [1.82, 2.24) is 0 Å². The molecule has 0 saturated carbocycles. The second-order valence-corrected chi connectivity index (χ2v) is 7.17. The predicted octanol–water partition coefficient (Wildman–Crippen LogP) is 3.97. The van der Waals surface area contributed by atoms with E-state index in [0.717, 1.165) is 31.3 Å². The number of hydrogen-bond acceptors (Lipinski definition) is 1. The van der Waals surface area contributed by atoms with Gasteiger partial charge in [0.1, 0.15) is 0 Å². The Kier molecular flexibility index (Phi) is 6.84. The lowest BCUT2D eigenvalue weighted by Gasteiger charge is -2.15. The molecule has 74 valence electrons. The topological polar surface area (TPSA) is 17.1 Å². The van der Waals surface area contributed by atoms with E-state index in [2.05, 4.69) is 20.8 Å². The minimum absolute atomic E-state index is 0.910. The molecule has 0 bridgehead atoms. The van der Waals surface area contributed by atoms with E-state index in [9.17, 15) is 4.57 Å². The molecule has 0 atom stereocenters. The Morgan fingerprint density at radius 1 is 0.917 bits per heavy atom. The highest BCUT2D eigenvalue weighted by Crippen LogP contribution is 2.46. The molecule has 0 saturated heterocycles. The second-order valence-electron chi connectivity index (χ2n) is 3.53. The van der Waals surface area contributed by atoms with E-state index >= 15 is 0 Å². The first kappa shape index (κ1) is 12.2. The van der Waals surface area contributed by atoms with Crippen LogP contribution in [0, 0.1) is 0 Å². The minimum atomic E-state index is -1.73. The lowest BCUT2D eigenvalue weighted by atomic mass is 10.4. The summed E-state index contributed by atoms with van der Waals surface area (Å²) >= 11 is 0. The summed E-state index contributed by atoms with van der Waals surface area (Å²) < 4.78 is 12.1. The normalized spacial score (nSPS) is 11.9. The lowest BCUT2D eigenvalue weighted by molar-refractivity contribution is 0.570. The molecule has 0 aromatic carbocycles. The van der Waals surface area contributed by atoms with Gasteiger partial charge < -0.3 is 4.57 Å². The minimum Gasteiger partial charge on any atom is -0.324 e. The van der Waals surface area contributed by atoms with Gasteiger partial charge >= 0.3 is 0 Å². The van der Waals surface area contributed by atoms with Gasteiger partial charge in [-0.25, -0.2) is 0 Å². The maximum Gasteiger partial charge on any atom is 0.0875 e. The maximum atomic E-state index is 12.1. The molecule has 0 aliphatic rings. The molecular formula is C10H23OP. The summed E-state index contributed by atoms with van der Waals surface area (Å²) in [6.45, 7) is 6.41. The molecule has 0 amide bonds.